The van der Waals surface area contributed by atoms with Gasteiger partial charge in [-0.2, -0.15) is 15.8 Å². The molecule has 610 valence electrons. The Bertz CT molecular complexity index is 9140. The van der Waals surface area contributed by atoms with E-state index in [1.54, 1.807) is 54.6 Å². The maximum absolute atomic E-state index is 10.0. The zero-order valence-electron chi connectivity index (χ0n) is 70.8. The molecule has 12 nitrogen and oxygen atoms in total. The lowest BCUT2D eigenvalue weighted by Crippen LogP contribution is -1.98. The second-order valence-corrected chi connectivity index (χ2v) is 32.7. The predicted molar refractivity (Wildman–Crippen MR) is 540 cm³/mol. The van der Waals surface area contributed by atoms with E-state index >= 15 is 0 Å². The maximum Gasteiger partial charge on any atom is 0.196 e. The Labute approximate surface area is 758 Å². The van der Waals surface area contributed by atoms with Gasteiger partial charge < -0.3 is 27.4 Å². The highest BCUT2D eigenvalue weighted by Crippen LogP contribution is 2.49. The van der Waals surface area contributed by atoms with Gasteiger partial charge in [0.25, 0.3) is 0 Å². The molecule has 25 aromatic rings. The standard InChI is InChI=1S/C44H26N4.2C38H22N4/c1-46-38-21-10-14-31(28-45)43(38)37-20-11-25-42-44(37)36-19-4-7-24-41(36)48(42)33-16-9-13-30(27-33)29-12-8-15-32(26-29)47-39-22-5-2-17-34(39)35-18-3-6-23-40(35)47;1-40-32-18-8-11-25(24-39)37(32)31-17-10-22-36-38(31)30-16-4-7-21-35(30)42(36)27-13-9-12-26(23-27)41-33-19-5-2-14-28(33)29-15-3-6-20-34(29)41;1-40-32-15-8-10-25(24-39)37(32)31-14-9-19-36-38(31)30-13-4-7-18-35(30)42(36)27-22-20-26(21-23-27)41-33-16-5-2-11-28(33)29-12-3-6-17-34(29)41/h2-27H;2*2-23H. The number of hydrogen-bond donors (Lipinski definition) is 0. The van der Waals surface area contributed by atoms with E-state index in [4.69, 9.17) is 19.7 Å². The minimum atomic E-state index is 0.475. The van der Waals surface area contributed by atoms with Gasteiger partial charge in [-0.15, -0.1) is 0 Å². The summed E-state index contributed by atoms with van der Waals surface area (Å²) < 4.78 is 13.9. The first-order valence-electron chi connectivity index (χ1n) is 43.5. The third-order valence-corrected chi connectivity index (χ3v) is 25.7. The van der Waals surface area contributed by atoms with Gasteiger partial charge in [0.05, 0.1) is 104 Å². The van der Waals surface area contributed by atoms with Crippen LogP contribution in [-0.4, -0.2) is 27.4 Å². The molecule has 25 rings (SSSR count). The largest absolute Gasteiger partial charge is 0.309 e. The number of benzene rings is 19. The molecule has 0 spiro atoms. The van der Waals surface area contributed by atoms with Gasteiger partial charge in [-0.25, -0.2) is 14.5 Å². The molecule has 0 radical (unpaired) electrons. The van der Waals surface area contributed by atoms with Gasteiger partial charge in [-0.1, -0.05) is 267 Å². The lowest BCUT2D eigenvalue weighted by atomic mass is 9.94. The van der Waals surface area contributed by atoms with E-state index in [1.165, 1.54) is 65.4 Å². The molecular formula is C120H70N12. The molecule has 19 aromatic carbocycles. The van der Waals surface area contributed by atoms with Crippen molar-refractivity contribution in [2.45, 2.75) is 0 Å². The highest BCUT2D eigenvalue weighted by molar-refractivity contribution is 6.21. The molecule has 0 aliphatic rings. The third-order valence-electron chi connectivity index (χ3n) is 25.7. The first-order chi connectivity index (χ1) is 65.3. The Morgan fingerprint density at radius 3 is 0.659 bits per heavy atom. The smallest absolute Gasteiger partial charge is 0.196 e. The van der Waals surface area contributed by atoms with Crippen LogP contribution in [0.15, 0.2) is 425 Å². The summed E-state index contributed by atoms with van der Waals surface area (Å²) in [6, 6.07) is 153. The fourth-order valence-corrected chi connectivity index (χ4v) is 20.3. The van der Waals surface area contributed by atoms with Crippen molar-refractivity contribution in [2.75, 3.05) is 0 Å². The van der Waals surface area contributed by atoms with Crippen LogP contribution in [0.4, 0.5) is 17.1 Å². The molecule has 0 bridgehead atoms. The first-order valence-corrected chi connectivity index (χ1v) is 43.5. The number of aromatic nitrogens is 6. The Kier molecular flexibility index (Phi) is 18.9. The molecule has 0 amide bonds. The maximum atomic E-state index is 10.0. The van der Waals surface area contributed by atoms with Crippen molar-refractivity contribution < 1.29 is 0 Å². The lowest BCUT2D eigenvalue weighted by molar-refractivity contribution is 1.13. The molecule has 0 aliphatic carbocycles. The SMILES string of the molecule is [C-]#[N+]c1cccc(C#N)c1-c1cccc2c1c1ccccc1n2-c1ccc(-n2c3ccccc3c3ccccc32)cc1.[C-]#[N+]c1cccc(C#N)c1-c1cccc2c1c1ccccc1n2-c1cccc(-c2cccc(-n3c4ccccc4c4ccccc43)c2)c1.[C-]#[N+]c1cccc(C#N)c1-c1cccc2c1c1ccccc1n2-c1cccc(-n2c3ccccc3c3ccccc32)c1. The average molecular weight is 1680 g/mol. The normalized spacial score (nSPS) is 11.3. The van der Waals surface area contributed by atoms with E-state index in [1.807, 2.05) is 54.6 Å². The number of nitriles is 3. The van der Waals surface area contributed by atoms with E-state index in [0.717, 1.165) is 127 Å². The van der Waals surface area contributed by atoms with Crippen molar-refractivity contribution in [3.05, 3.63) is 476 Å². The van der Waals surface area contributed by atoms with E-state index in [2.05, 4.69) is 376 Å². The van der Waals surface area contributed by atoms with Crippen LogP contribution in [0.25, 0.3) is 224 Å². The molecule has 0 fully saturated rings. The van der Waals surface area contributed by atoms with Gasteiger partial charge in [0.2, 0.25) is 0 Å². The topological polar surface area (TPSA) is 114 Å². The zero-order valence-corrected chi connectivity index (χ0v) is 70.8. The van der Waals surface area contributed by atoms with Gasteiger partial charge in [0.15, 0.2) is 17.1 Å². The zero-order chi connectivity index (χ0) is 88.6. The van der Waals surface area contributed by atoms with Crippen LogP contribution < -0.4 is 0 Å². The van der Waals surface area contributed by atoms with Crippen LogP contribution in [0.3, 0.4) is 0 Å². The highest BCUT2D eigenvalue weighted by atomic mass is 15.0. The first kappa shape index (κ1) is 77.7. The molecule has 0 N–H and O–H groups in total. The van der Waals surface area contributed by atoms with Crippen LogP contribution in [-0.2, 0) is 0 Å². The van der Waals surface area contributed by atoms with Crippen molar-refractivity contribution in [3.63, 3.8) is 0 Å². The molecular weight excluding hydrogens is 1610 g/mol. The summed E-state index contributed by atoms with van der Waals surface area (Å²) in [7, 11) is 0. The molecule has 6 heterocycles. The van der Waals surface area contributed by atoms with Crippen LogP contribution in [0.1, 0.15) is 16.7 Å². The van der Waals surface area contributed by atoms with E-state index in [-0.39, 0.29) is 0 Å². The van der Waals surface area contributed by atoms with E-state index in [9.17, 15) is 15.8 Å². The quantitative estimate of drug-likeness (QED) is 0.127. The highest BCUT2D eigenvalue weighted by Gasteiger charge is 2.26. The van der Waals surface area contributed by atoms with Crippen LogP contribution in [0.2, 0.25) is 0 Å². The molecule has 6 aromatic heterocycles. The minimum absolute atomic E-state index is 0.475. The van der Waals surface area contributed by atoms with Gasteiger partial charge >= 0.3 is 0 Å². The summed E-state index contributed by atoms with van der Waals surface area (Å²) in [5.74, 6) is 0. The summed E-state index contributed by atoms with van der Waals surface area (Å²) >= 11 is 0. The third kappa shape index (κ3) is 12.5. The molecule has 0 unspecified atom stereocenters. The molecule has 132 heavy (non-hydrogen) atoms. The Morgan fingerprint density at radius 1 is 0.182 bits per heavy atom. The Morgan fingerprint density at radius 2 is 0.386 bits per heavy atom. The van der Waals surface area contributed by atoms with Crippen molar-refractivity contribution in [3.8, 4) is 96.8 Å². The number of rotatable bonds is 10. The fraction of sp³-hybridized carbons (Fsp3) is 0. The van der Waals surface area contributed by atoms with Crippen molar-refractivity contribution >= 4 is 148 Å². The molecule has 0 atom stereocenters. The van der Waals surface area contributed by atoms with Crippen molar-refractivity contribution in [1.29, 1.82) is 15.8 Å². The Balaban J connectivity index is 0.000000113. The van der Waals surface area contributed by atoms with Crippen LogP contribution in [0.5, 0.6) is 0 Å². The summed E-state index contributed by atoms with van der Waals surface area (Å²) in [6.07, 6.45) is 0. The van der Waals surface area contributed by atoms with Crippen molar-refractivity contribution in [2.24, 2.45) is 0 Å². The number of nitrogens with zero attached hydrogens (tertiary/aromatic N) is 12. The lowest BCUT2D eigenvalue weighted by Gasteiger charge is -2.13. The monoisotopic (exact) mass is 1680 g/mol. The fourth-order valence-electron chi connectivity index (χ4n) is 20.3. The summed E-state index contributed by atoms with van der Waals surface area (Å²) in [4.78, 5) is 11.4. The average Bonchev–Trinajstić information content (AvgIpc) is 1.59. The van der Waals surface area contributed by atoms with E-state index in [0.29, 0.717) is 50.4 Å². The summed E-state index contributed by atoms with van der Waals surface area (Å²) in [6.45, 7) is 23.5. The second-order valence-electron chi connectivity index (χ2n) is 32.7. The van der Waals surface area contributed by atoms with Gasteiger partial charge in [-0.05, 0) is 186 Å². The summed E-state index contributed by atoms with van der Waals surface area (Å²) in [5, 5.41) is 43.7. The number of hydrogen-bond acceptors (Lipinski definition) is 3. The molecule has 0 saturated heterocycles. The van der Waals surface area contributed by atoms with E-state index < -0.39 is 0 Å². The summed E-state index contributed by atoms with van der Waals surface area (Å²) in [5.41, 5.74) is 29.7. The van der Waals surface area contributed by atoms with Gasteiger partial charge in [-0.3, -0.25) is 0 Å². The number of para-hydroxylation sites is 9. The number of fused-ring (bicyclic) bond motifs is 18. The van der Waals surface area contributed by atoms with Crippen molar-refractivity contribution in [1.82, 2.24) is 27.4 Å². The Hall–Kier alpha value is -19.1. The molecule has 12 heteroatoms. The van der Waals surface area contributed by atoms with Gasteiger partial charge in [0.1, 0.15) is 0 Å². The minimum Gasteiger partial charge on any atom is -0.309 e. The molecule has 0 saturated carbocycles. The van der Waals surface area contributed by atoms with Crippen LogP contribution >= 0.6 is 0 Å². The van der Waals surface area contributed by atoms with Gasteiger partial charge in [0, 0.05) is 132 Å². The molecule has 0 aliphatic heterocycles. The second kappa shape index (κ2) is 32.2. The predicted octanol–water partition coefficient (Wildman–Crippen LogP) is 31.6. The van der Waals surface area contributed by atoms with Crippen LogP contribution in [0, 0.1) is 53.7 Å².